The molecule has 3 nitrogen and oxygen atoms in total. The summed E-state index contributed by atoms with van der Waals surface area (Å²) in [6.07, 6.45) is 2.19. The number of benzene rings is 1. The van der Waals surface area contributed by atoms with Crippen molar-refractivity contribution in [3.05, 3.63) is 35.4 Å². The molecule has 0 aliphatic carbocycles. The average molecular weight is 232 g/mol. The van der Waals surface area contributed by atoms with Gasteiger partial charge in [-0.3, -0.25) is 4.79 Å². The van der Waals surface area contributed by atoms with Crippen LogP contribution < -0.4 is 10.6 Å². The minimum Gasteiger partial charge on any atom is -0.348 e. The Balaban J connectivity index is 2.01. The maximum Gasteiger partial charge on any atom is 0.251 e. The van der Waals surface area contributed by atoms with Crippen molar-refractivity contribution in [2.24, 2.45) is 0 Å². The maximum atomic E-state index is 12.1. The van der Waals surface area contributed by atoms with Crippen molar-refractivity contribution in [3.63, 3.8) is 0 Å². The van der Waals surface area contributed by atoms with Crippen LogP contribution in [-0.2, 0) is 0 Å². The van der Waals surface area contributed by atoms with Crippen molar-refractivity contribution in [3.8, 4) is 0 Å². The lowest BCUT2D eigenvalue weighted by Gasteiger charge is -2.30. The van der Waals surface area contributed by atoms with Gasteiger partial charge in [-0.1, -0.05) is 17.7 Å². The van der Waals surface area contributed by atoms with Crippen molar-refractivity contribution in [1.82, 2.24) is 10.6 Å². The zero-order valence-corrected chi connectivity index (χ0v) is 10.5. The fourth-order valence-corrected chi connectivity index (χ4v) is 2.28. The number of amides is 1. The molecule has 0 unspecified atom stereocenters. The van der Waals surface area contributed by atoms with Crippen LogP contribution in [0.25, 0.3) is 0 Å². The summed E-state index contributed by atoms with van der Waals surface area (Å²) >= 11 is 0. The molecule has 1 aromatic rings. The topological polar surface area (TPSA) is 41.1 Å². The first-order chi connectivity index (χ1) is 8.16. The van der Waals surface area contributed by atoms with Crippen LogP contribution in [0.2, 0.25) is 0 Å². The summed E-state index contributed by atoms with van der Waals surface area (Å²) in [5.74, 6) is 0.0363. The number of carbonyl (C=O) groups excluding carboxylic acids is 1. The highest BCUT2D eigenvalue weighted by atomic mass is 16.1. The van der Waals surface area contributed by atoms with Crippen molar-refractivity contribution >= 4 is 5.91 Å². The molecular weight excluding hydrogens is 212 g/mol. The van der Waals surface area contributed by atoms with Crippen molar-refractivity contribution in [2.75, 3.05) is 6.54 Å². The Labute approximate surface area is 103 Å². The standard InChI is InChI=1S/C14H20N2O/c1-10-5-3-6-12(9-10)14(17)16-13-7-4-8-15-11(13)2/h3,5-6,9,11,13,15H,4,7-8H2,1-2H3,(H,16,17)/t11-,13-/m1/s1. The summed E-state index contributed by atoms with van der Waals surface area (Å²) in [5.41, 5.74) is 1.87. The van der Waals surface area contributed by atoms with E-state index in [0.29, 0.717) is 6.04 Å². The molecule has 0 radical (unpaired) electrons. The minimum atomic E-state index is 0.0363. The van der Waals surface area contributed by atoms with E-state index in [1.54, 1.807) is 0 Å². The molecule has 1 amide bonds. The van der Waals surface area contributed by atoms with E-state index in [1.165, 1.54) is 0 Å². The van der Waals surface area contributed by atoms with Gasteiger partial charge in [0.25, 0.3) is 5.91 Å². The molecule has 17 heavy (non-hydrogen) atoms. The lowest BCUT2D eigenvalue weighted by molar-refractivity contribution is 0.0920. The van der Waals surface area contributed by atoms with E-state index in [1.807, 2.05) is 31.2 Å². The molecule has 2 rings (SSSR count). The van der Waals surface area contributed by atoms with Crippen molar-refractivity contribution in [1.29, 1.82) is 0 Å². The molecule has 0 saturated carbocycles. The average Bonchev–Trinajstić information content (AvgIpc) is 2.32. The Morgan fingerprint density at radius 3 is 3.00 bits per heavy atom. The SMILES string of the molecule is Cc1cccc(C(=O)N[C@@H]2CCCN[C@@H]2C)c1. The molecule has 1 aromatic carbocycles. The number of carbonyl (C=O) groups is 1. The smallest absolute Gasteiger partial charge is 0.251 e. The summed E-state index contributed by atoms with van der Waals surface area (Å²) in [4.78, 5) is 12.1. The van der Waals surface area contributed by atoms with Crippen LogP contribution in [0.15, 0.2) is 24.3 Å². The van der Waals surface area contributed by atoms with Crippen LogP contribution in [0.1, 0.15) is 35.7 Å². The molecule has 1 saturated heterocycles. The second kappa shape index (κ2) is 5.32. The highest BCUT2D eigenvalue weighted by Gasteiger charge is 2.22. The summed E-state index contributed by atoms with van der Waals surface area (Å²) in [6.45, 7) is 5.18. The molecule has 1 aliphatic heterocycles. The van der Waals surface area contributed by atoms with E-state index in [4.69, 9.17) is 0 Å². The van der Waals surface area contributed by atoms with E-state index < -0.39 is 0 Å². The van der Waals surface area contributed by atoms with Gasteiger partial charge in [-0.15, -0.1) is 0 Å². The molecule has 2 N–H and O–H groups in total. The molecule has 1 aliphatic rings. The van der Waals surface area contributed by atoms with Crippen LogP contribution in [0.3, 0.4) is 0 Å². The predicted molar refractivity (Wildman–Crippen MR) is 69.1 cm³/mol. The van der Waals surface area contributed by atoms with Crippen LogP contribution >= 0.6 is 0 Å². The van der Waals surface area contributed by atoms with Crippen molar-refractivity contribution < 1.29 is 4.79 Å². The fourth-order valence-electron chi connectivity index (χ4n) is 2.28. The zero-order valence-electron chi connectivity index (χ0n) is 10.5. The molecule has 1 fully saturated rings. The van der Waals surface area contributed by atoms with E-state index >= 15 is 0 Å². The minimum absolute atomic E-state index is 0.0363. The molecule has 1 heterocycles. The number of rotatable bonds is 2. The van der Waals surface area contributed by atoms with Gasteiger partial charge in [-0.05, 0) is 45.4 Å². The van der Waals surface area contributed by atoms with E-state index in [9.17, 15) is 4.79 Å². The number of aryl methyl sites for hydroxylation is 1. The maximum absolute atomic E-state index is 12.1. The second-order valence-corrected chi connectivity index (χ2v) is 4.83. The van der Waals surface area contributed by atoms with Crippen molar-refractivity contribution in [2.45, 2.75) is 38.8 Å². The molecule has 92 valence electrons. The molecule has 3 heteroatoms. The normalized spacial score (nSPS) is 24.4. The Morgan fingerprint density at radius 1 is 1.47 bits per heavy atom. The molecule has 0 aromatic heterocycles. The number of hydrogen-bond acceptors (Lipinski definition) is 2. The first-order valence-electron chi connectivity index (χ1n) is 6.28. The van der Waals surface area contributed by atoms with E-state index in [0.717, 1.165) is 30.5 Å². The summed E-state index contributed by atoms with van der Waals surface area (Å²) in [6, 6.07) is 8.32. The number of piperidine rings is 1. The first-order valence-corrected chi connectivity index (χ1v) is 6.28. The molecule has 0 bridgehead atoms. The number of hydrogen-bond donors (Lipinski definition) is 2. The molecule has 0 spiro atoms. The lowest BCUT2D eigenvalue weighted by atomic mass is 9.99. The van der Waals surface area contributed by atoms with E-state index in [-0.39, 0.29) is 11.9 Å². The molecular formula is C14H20N2O. The fraction of sp³-hybridized carbons (Fsp3) is 0.500. The largest absolute Gasteiger partial charge is 0.348 e. The third kappa shape index (κ3) is 3.07. The Bertz CT molecular complexity index is 403. The zero-order chi connectivity index (χ0) is 12.3. The van der Waals surface area contributed by atoms with Gasteiger partial charge in [0.05, 0.1) is 0 Å². The van der Waals surface area contributed by atoms with E-state index in [2.05, 4.69) is 17.6 Å². The van der Waals surface area contributed by atoms with Crippen LogP contribution in [0, 0.1) is 6.92 Å². The first kappa shape index (κ1) is 12.1. The van der Waals surface area contributed by atoms with Crippen LogP contribution in [0.4, 0.5) is 0 Å². The van der Waals surface area contributed by atoms with Gasteiger partial charge in [0, 0.05) is 17.6 Å². The monoisotopic (exact) mass is 232 g/mol. The summed E-state index contributed by atoms with van der Waals surface area (Å²) in [7, 11) is 0. The summed E-state index contributed by atoms with van der Waals surface area (Å²) in [5, 5.41) is 6.50. The van der Waals surface area contributed by atoms with Gasteiger partial charge in [0.1, 0.15) is 0 Å². The lowest BCUT2D eigenvalue weighted by Crippen LogP contribution is -2.51. The van der Waals surface area contributed by atoms with Gasteiger partial charge < -0.3 is 10.6 Å². The molecule has 2 atom stereocenters. The second-order valence-electron chi connectivity index (χ2n) is 4.83. The number of nitrogens with one attached hydrogen (secondary N) is 2. The Hall–Kier alpha value is -1.35. The van der Waals surface area contributed by atoms with Gasteiger partial charge >= 0.3 is 0 Å². The highest BCUT2D eigenvalue weighted by Crippen LogP contribution is 2.10. The summed E-state index contributed by atoms with van der Waals surface area (Å²) < 4.78 is 0. The van der Waals surface area contributed by atoms with Gasteiger partial charge in [-0.25, -0.2) is 0 Å². The third-order valence-electron chi connectivity index (χ3n) is 3.36. The van der Waals surface area contributed by atoms with Gasteiger partial charge in [0.15, 0.2) is 0 Å². The van der Waals surface area contributed by atoms with Gasteiger partial charge in [-0.2, -0.15) is 0 Å². The third-order valence-corrected chi connectivity index (χ3v) is 3.36. The Morgan fingerprint density at radius 2 is 2.29 bits per heavy atom. The van der Waals surface area contributed by atoms with Crippen LogP contribution in [-0.4, -0.2) is 24.5 Å². The predicted octanol–water partition coefficient (Wildman–Crippen LogP) is 1.87. The quantitative estimate of drug-likeness (QED) is 0.817. The van der Waals surface area contributed by atoms with Crippen LogP contribution in [0.5, 0.6) is 0 Å². The Kier molecular flexibility index (Phi) is 3.79. The highest BCUT2D eigenvalue weighted by molar-refractivity contribution is 5.94. The van der Waals surface area contributed by atoms with Gasteiger partial charge in [0.2, 0.25) is 0 Å².